The van der Waals surface area contributed by atoms with Crippen molar-refractivity contribution in [3.05, 3.63) is 70.7 Å². The standard InChI is InChI=1S/C16H17ClOS/c17-16-8-4-5-13(9-16)10-18-11-15(12-19)14-6-2-1-3-7-14/h1-9,15,19H,10-12H2. The highest BCUT2D eigenvalue weighted by atomic mass is 35.5. The summed E-state index contributed by atoms with van der Waals surface area (Å²) < 4.78 is 5.77. The Morgan fingerprint density at radius 1 is 1.05 bits per heavy atom. The first-order valence-corrected chi connectivity index (χ1v) is 7.28. The quantitative estimate of drug-likeness (QED) is 0.767. The van der Waals surface area contributed by atoms with Gasteiger partial charge in [0.2, 0.25) is 0 Å². The number of halogens is 1. The molecule has 0 aliphatic heterocycles. The molecule has 0 spiro atoms. The third-order valence-electron chi connectivity index (χ3n) is 2.97. The summed E-state index contributed by atoms with van der Waals surface area (Å²) in [5, 5.41) is 0.745. The summed E-state index contributed by atoms with van der Waals surface area (Å²) in [6.07, 6.45) is 0. The highest BCUT2D eigenvalue weighted by molar-refractivity contribution is 7.80. The maximum absolute atomic E-state index is 5.94. The van der Waals surface area contributed by atoms with Crippen LogP contribution in [0.4, 0.5) is 0 Å². The van der Waals surface area contributed by atoms with E-state index in [-0.39, 0.29) is 0 Å². The second-order valence-corrected chi connectivity index (χ2v) is 5.24. The molecule has 0 radical (unpaired) electrons. The molecule has 2 aromatic carbocycles. The zero-order chi connectivity index (χ0) is 13.5. The van der Waals surface area contributed by atoms with Crippen molar-refractivity contribution in [2.24, 2.45) is 0 Å². The lowest BCUT2D eigenvalue weighted by Crippen LogP contribution is -2.09. The molecule has 0 aliphatic carbocycles. The Kier molecular flexibility index (Phi) is 5.77. The molecule has 0 fully saturated rings. The van der Waals surface area contributed by atoms with Crippen molar-refractivity contribution in [3.8, 4) is 0 Å². The maximum atomic E-state index is 5.94. The number of thiol groups is 1. The second kappa shape index (κ2) is 7.59. The first kappa shape index (κ1) is 14.4. The van der Waals surface area contributed by atoms with Crippen molar-refractivity contribution in [3.63, 3.8) is 0 Å². The fraction of sp³-hybridized carbons (Fsp3) is 0.250. The average molecular weight is 293 g/mol. The molecule has 0 aromatic heterocycles. The molecule has 1 nitrogen and oxygen atoms in total. The maximum Gasteiger partial charge on any atom is 0.0717 e. The molecule has 1 atom stereocenters. The van der Waals surface area contributed by atoms with Crippen LogP contribution in [0.3, 0.4) is 0 Å². The Bertz CT molecular complexity index is 501. The van der Waals surface area contributed by atoms with Gasteiger partial charge in [0.15, 0.2) is 0 Å². The van der Waals surface area contributed by atoms with E-state index in [1.807, 2.05) is 42.5 Å². The van der Waals surface area contributed by atoms with E-state index in [1.54, 1.807) is 0 Å². The first-order chi connectivity index (χ1) is 9.29. The molecule has 1 unspecified atom stereocenters. The Morgan fingerprint density at radius 2 is 1.84 bits per heavy atom. The molecule has 0 saturated carbocycles. The predicted molar refractivity (Wildman–Crippen MR) is 84.1 cm³/mol. The van der Waals surface area contributed by atoms with E-state index in [0.29, 0.717) is 19.1 Å². The van der Waals surface area contributed by atoms with Crippen molar-refractivity contribution in [2.75, 3.05) is 12.4 Å². The van der Waals surface area contributed by atoms with Gasteiger partial charge < -0.3 is 4.74 Å². The summed E-state index contributed by atoms with van der Waals surface area (Å²) in [5.74, 6) is 1.10. The number of hydrogen-bond donors (Lipinski definition) is 1. The van der Waals surface area contributed by atoms with Crippen LogP contribution in [-0.2, 0) is 11.3 Å². The Morgan fingerprint density at radius 3 is 2.53 bits per heavy atom. The van der Waals surface area contributed by atoms with Crippen LogP contribution in [0.5, 0.6) is 0 Å². The minimum absolute atomic E-state index is 0.323. The highest BCUT2D eigenvalue weighted by Gasteiger charge is 2.09. The molecule has 0 aliphatic rings. The SMILES string of the molecule is SCC(COCc1cccc(Cl)c1)c1ccccc1. The summed E-state index contributed by atoms with van der Waals surface area (Å²) >= 11 is 10.3. The predicted octanol–water partition coefficient (Wildman–Crippen LogP) is 4.57. The molecule has 100 valence electrons. The minimum Gasteiger partial charge on any atom is -0.376 e. The Balaban J connectivity index is 1.87. The summed E-state index contributed by atoms with van der Waals surface area (Å²) in [6, 6.07) is 18.1. The normalized spacial score (nSPS) is 12.3. The van der Waals surface area contributed by atoms with Crippen LogP contribution >= 0.6 is 24.2 Å². The third kappa shape index (κ3) is 4.57. The van der Waals surface area contributed by atoms with Gasteiger partial charge in [0, 0.05) is 10.9 Å². The van der Waals surface area contributed by atoms with Crippen LogP contribution in [0, 0.1) is 0 Å². The van der Waals surface area contributed by atoms with E-state index in [1.165, 1.54) is 5.56 Å². The second-order valence-electron chi connectivity index (χ2n) is 4.44. The highest BCUT2D eigenvalue weighted by Crippen LogP contribution is 2.18. The van der Waals surface area contributed by atoms with Gasteiger partial charge in [0.05, 0.1) is 13.2 Å². The van der Waals surface area contributed by atoms with E-state index >= 15 is 0 Å². The summed E-state index contributed by atoms with van der Waals surface area (Å²) in [7, 11) is 0. The van der Waals surface area contributed by atoms with Crippen molar-refractivity contribution in [1.29, 1.82) is 0 Å². The lowest BCUT2D eigenvalue weighted by Gasteiger charge is -2.15. The van der Waals surface area contributed by atoms with Gasteiger partial charge in [-0.3, -0.25) is 0 Å². The van der Waals surface area contributed by atoms with E-state index < -0.39 is 0 Å². The molecular formula is C16H17ClOS. The molecule has 0 saturated heterocycles. The van der Waals surface area contributed by atoms with Crippen molar-refractivity contribution >= 4 is 24.2 Å². The van der Waals surface area contributed by atoms with Gasteiger partial charge in [-0.25, -0.2) is 0 Å². The van der Waals surface area contributed by atoms with Crippen molar-refractivity contribution in [1.82, 2.24) is 0 Å². The van der Waals surface area contributed by atoms with Crippen LogP contribution in [0.1, 0.15) is 17.0 Å². The van der Waals surface area contributed by atoms with E-state index in [2.05, 4.69) is 24.8 Å². The monoisotopic (exact) mass is 292 g/mol. The average Bonchev–Trinajstić information content (AvgIpc) is 2.45. The van der Waals surface area contributed by atoms with Gasteiger partial charge in [-0.15, -0.1) is 0 Å². The largest absolute Gasteiger partial charge is 0.376 e. The topological polar surface area (TPSA) is 9.23 Å². The molecule has 2 rings (SSSR count). The molecule has 0 bridgehead atoms. The Hall–Kier alpha value is -0.960. The van der Waals surface area contributed by atoms with Crippen LogP contribution in [0.2, 0.25) is 5.02 Å². The molecule has 0 amide bonds. The molecule has 3 heteroatoms. The number of benzene rings is 2. The van der Waals surface area contributed by atoms with Gasteiger partial charge in [-0.2, -0.15) is 12.6 Å². The molecular weight excluding hydrogens is 276 g/mol. The van der Waals surface area contributed by atoms with Crippen LogP contribution in [0.15, 0.2) is 54.6 Å². The van der Waals surface area contributed by atoms with Crippen LogP contribution in [-0.4, -0.2) is 12.4 Å². The first-order valence-electron chi connectivity index (χ1n) is 6.27. The summed E-state index contributed by atoms with van der Waals surface area (Å²) in [5.41, 5.74) is 2.36. The minimum atomic E-state index is 0.323. The Labute approximate surface area is 125 Å². The zero-order valence-electron chi connectivity index (χ0n) is 10.6. The van der Waals surface area contributed by atoms with Crippen LogP contribution < -0.4 is 0 Å². The smallest absolute Gasteiger partial charge is 0.0717 e. The van der Waals surface area contributed by atoms with Gasteiger partial charge in [-0.1, -0.05) is 54.1 Å². The molecule has 2 aromatic rings. The molecule has 0 heterocycles. The van der Waals surface area contributed by atoms with E-state index in [9.17, 15) is 0 Å². The molecule has 19 heavy (non-hydrogen) atoms. The van der Waals surface area contributed by atoms with Crippen molar-refractivity contribution < 1.29 is 4.74 Å². The van der Waals surface area contributed by atoms with Crippen LogP contribution in [0.25, 0.3) is 0 Å². The molecule has 0 N–H and O–H groups in total. The van der Waals surface area contributed by atoms with Gasteiger partial charge in [0.1, 0.15) is 0 Å². The van der Waals surface area contributed by atoms with Gasteiger partial charge in [-0.05, 0) is 29.0 Å². The zero-order valence-corrected chi connectivity index (χ0v) is 12.3. The fourth-order valence-corrected chi connectivity index (χ4v) is 2.45. The summed E-state index contributed by atoms with van der Waals surface area (Å²) in [4.78, 5) is 0. The lowest BCUT2D eigenvalue weighted by atomic mass is 10.0. The number of ether oxygens (including phenoxy) is 1. The summed E-state index contributed by atoms with van der Waals surface area (Å²) in [6.45, 7) is 1.25. The third-order valence-corrected chi connectivity index (χ3v) is 3.64. The van der Waals surface area contributed by atoms with E-state index in [4.69, 9.17) is 16.3 Å². The van der Waals surface area contributed by atoms with E-state index in [0.717, 1.165) is 16.3 Å². The number of hydrogen-bond acceptors (Lipinski definition) is 2. The van der Waals surface area contributed by atoms with Crippen molar-refractivity contribution in [2.45, 2.75) is 12.5 Å². The van der Waals surface area contributed by atoms with Gasteiger partial charge in [0.25, 0.3) is 0 Å². The lowest BCUT2D eigenvalue weighted by molar-refractivity contribution is 0.111. The number of rotatable bonds is 6. The van der Waals surface area contributed by atoms with Gasteiger partial charge >= 0.3 is 0 Å². The fourth-order valence-electron chi connectivity index (χ4n) is 1.93.